The summed E-state index contributed by atoms with van der Waals surface area (Å²) < 4.78 is 0. The summed E-state index contributed by atoms with van der Waals surface area (Å²) in [4.78, 5) is 26.7. The van der Waals surface area contributed by atoms with Crippen LogP contribution in [0, 0.1) is 5.92 Å². The molecule has 0 aromatic heterocycles. The van der Waals surface area contributed by atoms with Crippen LogP contribution in [-0.2, 0) is 9.59 Å². The Morgan fingerprint density at radius 2 is 1.75 bits per heavy atom. The number of nitrogens with zero attached hydrogens (tertiary/aromatic N) is 1. The minimum Gasteiger partial charge on any atom is -0.342 e. The third-order valence-corrected chi connectivity index (χ3v) is 5.82. The second-order valence-corrected chi connectivity index (χ2v) is 8.24. The van der Waals surface area contributed by atoms with Gasteiger partial charge in [0.1, 0.15) is 0 Å². The van der Waals surface area contributed by atoms with Crippen LogP contribution in [0.5, 0.6) is 0 Å². The second kappa shape index (κ2) is 8.56. The number of rotatable bonds is 5. The monoisotopic (exact) mass is 348 g/mol. The van der Waals surface area contributed by atoms with Gasteiger partial charge < -0.3 is 10.2 Å². The number of thioether (sulfide) groups is 1. The zero-order chi connectivity index (χ0) is 17.7. The van der Waals surface area contributed by atoms with Crippen molar-refractivity contribution in [2.75, 3.05) is 12.4 Å². The summed E-state index contributed by atoms with van der Waals surface area (Å²) in [6, 6.07) is 8.02. The first-order chi connectivity index (χ1) is 11.4. The summed E-state index contributed by atoms with van der Waals surface area (Å²) in [5.74, 6) is 0.909. The highest BCUT2D eigenvalue weighted by atomic mass is 32.2. The van der Waals surface area contributed by atoms with Crippen LogP contribution in [0.3, 0.4) is 0 Å². The average molecular weight is 349 g/mol. The molecule has 1 fully saturated rings. The lowest BCUT2D eigenvalue weighted by molar-refractivity contribution is -0.131. The molecule has 5 heteroatoms. The van der Waals surface area contributed by atoms with E-state index in [-0.39, 0.29) is 17.1 Å². The van der Waals surface area contributed by atoms with Gasteiger partial charge in [0, 0.05) is 30.6 Å². The summed E-state index contributed by atoms with van der Waals surface area (Å²) in [6.45, 7) is 5.75. The molecule has 1 aromatic carbocycles. The van der Waals surface area contributed by atoms with Crippen molar-refractivity contribution in [1.82, 2.24) is 4.90 Å². The summed E-state index contributed by atoms with van der Waals surface area (Å²) in [6.07, 6.45) is 4.67. The number of anilines is 1. The van der Waals surface area contributed by atoms with E-state index in [9.17, 15) is 9.59 Å². The van der Waals surface area contributed by atoms with Crippen LogP contribution in [0.15, 0.2) is 29.2 Å². The molecular weight excluding hydrogens is 320 g/mol. The van der Waals surface area contributed by atoms with Gasteiger partial charge in [-0.3, -0.25) is 9.59 Å². The molecule has 1 saturated carbocycles. The van der Waals surface area contributed by atoms with E-state index >= 15 is 0 Å². The van der Waals surface area contributed by atoms with Crippen LogP contribution in [0.4, 0.5) is 5.69 Å². The molecule has 0 heterocycles. The molecule has 1 unspecified atom stereocenters. The lowest BCUT2D eigenvalue weighted by Crippen LogP contribution is -2.42. The van der Waals surface area contributed by atoms with Crippen molar-refractivity contribution >= 4 is 29.3 Å². The summed E-state index contributed by atoms with van der Waals surface area (Å²) in [5.41, 5.74) is 0.777. The molecule has 4 nitrogen and oxygen atoms in total. The normalized spacial score (nSPS) is 21.8. The van der Waals surface area contributed by atoms with Crippen LogP contribution in [-0.4, -0.2) is 35.1 Å². The van der Waals surface area contributed by atoms with Crippen molar-refractivity contribution in [3.05, 3.63) is 24.3 Å². The zero-order valence-corrected chi connectivity index (χ0v) is 15.9. The fourth-order valence-corrected chi connectivity index (χ4v) is 4.14. The van der Waals surface area contributed by atoms with Gasteiger partial charge in [-0.05, 0) is 62.8 Å². The Hall–Kier alpha value is -1.49. The first kappa shape index (κ1) is 18.8. The highest BCUT2D eigenvalue weighted by Crippen LogP contribution is 2.30. The molecule has 1 aliphatic rings. The molecule has 24 heavy (non-hydrogen) atoms. The Bertz CT molecular complexity index is 565. The number of carbonyl (C=O) groups excluding carboxylic acids is 2. The minimum atomic E-state index is -0.110. The Balaban J connectivity index is 1.89. The van der Waals surface area contributed by atoms with Gasteiger partial charge in [0.05, 0.1) is 5.25 Å². The maximum atomic E-state index is 12.7. The van der Waals surface area contributed by atoms with Gasteiger partial charge in [-0.2, -0.15) is 0 Å². The Morgan fingerprint density at radius 3 is 2.29 bits per heavy atom. The fourth-order valence-electron chi connectivity index (χ4n) is 3.17. The first-order valence-electron chi connectivity index (χ1n) is 8.67. The van der Waals surface area contributed by atoms with Gasteiger partial charge >= 0.3 is 0 Å². The number of nitrogens with one attached hydrogen (secondary N) is 1. The summed E-state index contributed by atoms with van der Waals surface area (Å²) >= 11 is 1.57. The molecular formula is C19H28N2O2S. The second-order valence-electron chi connectivity index (χ2n) is 6.83. The van der Waals surface area contributed by atoms with Crippen molar-refractivity contribution in [3.63, 3.8) is 0 Å². The molecule has 2 amide bonds. The van der Waals surface area contributed by atoms with Crippen molar-refractivity contribution in [3.8, 4) is 0 Å². The van der Waals surface area contributed by atoms with Crippen LogP contribution in [0.25, 0.3) is 0 Å². The van der Waals surface area contributed by atoms with Crippen LogP contribution >= 0.6 is 11.8 Å². The standard InChI is InChI=1S/C19H28N2O2S/c1-13-5-9-17(10-6-13)21(4)19(23)14(2)24-18-11-7-16(8-12-18)20-15(3)22/h7-8,11-14,17H,5-6,9-10H2,1-4H3,(H,20,22). The molecule has 1 atom stereocenters. The molecule has 132 valence electrons. The van der Waals surface area contributed by atoms with Gasteiger partial charge in [-0.25, -0.2) is 0 Å². The molecule has 2 rings (SSSR count). The minimum absolute atomic E-state index is 0.0811. The van der Waals surface area contributed by atoms with E-state index in [0.717, 1.165) is 29.3 Å². The molecule has 1 aromatic rings. The fraction of sp³-hybridized carbons (Fsp3) is 0.579. The molecule has 0 spiro atoms. The van der Waals surface area contributed by atoms with E-state index in [2.05, 4.69) is 12.2 Å². The third kappa shape index (κ3) is 5.26. The van der Waals surface area contributed by atoms with E-state index in [1.165, 1.54) is 19.8 Å². The Morgan fingerprint density at radius 1 is 1.17 bits per heavy atom. The number of carbonyl (C=O) groups is 2. The van der Waals surface area contributed by atoms with E-state index in [0.29, 0.717) is 6.04 Å². The smallest absolute Gasteiger partial charge is 0.235 e. The summed E-state index contributed by atoms with van der Waals surface area (Å²) in [5, 5.41) is 2.64. The van der Waals surface area contributed by atoms with E-state index < -0.39 is 0 Å². The predicted octanol–water partition coefficient (Wildman–Crippen LogP) is 4.16. The quantitative estimate of drug-likeness (QED) is 0.813. The molecule has 0 aliphatic heterocycles. The third-order valence-electron chi connectivity index (χ3n) is 4.72. The topological polar surface area (TPSA) is 49.4 Å². The molecule has 1 N–H and O–H groups in total. The van der Waals surface area contributed by atoms with Crippen LogP contribution in [0.1, 0.15) is 46.5 Å². The largest absolute Gasteiger partial charge is 0.342 e. The SMILES string of the molecule is CC(=O)Nc1ccc(SC(C)C(=O)N(C)C2CCC(C)CC2)cc1. The lowest BCUT2D eigenvalue weighted by Gasteiger charge is -2.34. The Labute approximate surface area is 149 Å². The average Bonchev–Trinajstić information content (AvgIpc) is 2.55. The van der Waals surface area contributed by atoms with Gasteiger partial charge in [-0.15, -0.1) is 11.8 Å². The molecule has 1 aliphatic carbocycles. The number of hydrogen-bond donors (Lipinski definition) is 1. The van der Waals surface area contributed by atoms with Crippen molar-refractivity contribution in [2.24, 2.45) is 5.92 Å². The molecule has 0 radical (unpaired) electrons. The van der Waals surface area contributed by atoms with Gasteiger partial charge in [0.25, 0.3) is 0 Å². The number of amides is 2. The van der Waals surface area contributed by atoms with E-state index in [4.69, 9.17) is 0 Å². The van der Waals surface area contributed by atoms with E-state index in [1.807, 2.05) is 43.1 Å². The maximum absolute atomic E-state index is 12.7. The summed E-state index contributed by atoms with van der Waals surface area (Å²) in [7, 11) is 1.94. The van der Waals surface area contributed by atoms with Crippen molar-refractivity contribution in [2.45, 2.75) is 62.6 Å². The highest BCUT2D eigenvalue weighted by Gasteiger charge is 2.27. The molecule has 0 bridgehead atoms. The van der Waals surface area contributed by atoms with Gasteiger partial charge in [-0.1, -0.05) is 6.92 Å². The van der Waals surface area contributed by atoms with E-state index in [1.54, 1.807) is 11.8 Å². The predicted molar refractivity (Wildman–Crippen MR) is 100 cm³/mol. The zero-order valence-electron chi connectivity index (χ0n) is 15.0. The van der Waals surface area contributed by atoms with Gasteiger partial charge in [0.2, 0.25) is 11.8 Å². The Kier molecular flexibility index (Phi) is 6.72. The highest BCUT2D eigenvalue weighted by molar-refractivity contribution is 8.00. The van der Waals surface area contributed by atoms with Crippen LogP contribution in [0.2, 0.25) is 0 Å². The maximum Gasteiger partial charge on any atom is 0.235 e. The van der Waals surface area contributed by atoms with Gasteiger partial charge in [0.15, 0.2) is 0 Å². The lowest BCUT2D eigenvalue weighted by atomic mass is 9.86. The van der Waals surface area contributed by atoms with Crippen molar-refractivity contribution < 1.29 is 9.59 Å². The number of hydrogen-bond acceptors (Lipinski definition) is 3. The number of benzene rings is 1. The van der Waals surface area contributed by atoms with Crippen molar-refractivity contribution in [1.29, 1.82) is 0 Å². The first-order valence-corrected chi connectivity index (χ1v) is 9.55. The molecule has 0 saturated heterocycles. The van der Waals surface area contributed by atoms with Crippen LogP contribution < -0.4 is 5.32 Å².